The zero-order valence-corrected chi connectivity index (χ0v) is 12.8. The summed E-state index contributed by atoms with van der Waals surface area (Å²) in [5.41, 5.74) is 0.486. The van der Waals surface area contributed by atoms with Crippen LogP contribution in [-0.4, -0.2) is 23.2 Å². The second-order valence-corrected chi connectivity index (χ2v) is 5.95. The third-order valence-corrected chi connectivity index (χ3v) is 4.40. The fourth-order valence-electron chi connectivity index (χ4n) is 2.82. The van der Waals surface area contributed by atoms with Gasteiger partial charge < -0.3 is 10.0 Å². The van der Waals surface area contributed by atoms with Crippen LogP contribution in [0.5, 0.6) is 0 Å². The zero-order valence-electron chi connectivity index (χ0n) is 12.0. The van der Waals surface area contributed by atoms with Crippen LogP contribution in [0.3, 0.4) is 0 Å². The molecule has 4 nitrogen and oxygen atoms in total. The molecule has 3 rings (SSSR count). The summed E-state index contributed by atoms with van der Waals surface area (Å²) in [7, 11) is 0. The predicted octanol–water partition coefficient (Wildman–Crippen LogP) is 3.09. The molecule has 0 atom stereocenters. The number of aliphatic hydroxyl groups is 1. The highest BCUT2D eigenvalue weighted by Crippen LogP contribution is 2.34. The van der Waals surface area contributed by atoms with Crippen LogP contribution in [-0.2, 0) is 5.60 Å². The lowest BCUT2D eigenvalue weighted by Crippen LogP contribution is -2.43. The van der Waals surface area contributed by atoms with Crippen LogP contribution in [0.2, 0.25) is 5.02 Å². The first-order valence-electron chi connectivity index (χ1n) is 7.21. The third kappa shape index (κ3) is 2.92. The molecule has 112 valence electrons. The molecule has 2 heterocycles. The lowest BCUT2D eigenvalue weighted by atomic mass is 9.84. The lowest BCUT2D eigenvalue weighted by molar-refractivity contribution is 0.0116. The van der Waals surface area contributed by atoms with Gasteiger partial charge in [0.15, 0.2) is 0 Å². The molecule has 2 aromatic rings. The fourth-order valence-corrected chi connectivity index (χ4v) is 2.94. The highest BCUT2D eigenvalue weighted by molar-refractivity contribution is 6.30. The van der Waals surface area contributed by atoms with Crippen molar-refractivity contribution in [1.82, 2.24) is 4.98 Å². The van der Waals surface area contributed by atoms with Crippen LogP contribution in [0.25, 0.3) is 0 Å². The minimum atomic E-state index is -0.825. The van der Waals surface area contributed by atoms with Crippen molar-refractivity contribution in [1.29, 1.82) is 5.26 Å². The number of piperidine rings is 1. The van der Waals surface area contributed by atoms with Gasteiger partial charge in [-0.15, -0.1) is 0 Å². The Morgan fingerprint density at radius 2 is 1.82 bits per heavy atom. The number of pyridine rings is 1. The van der Waals surface area contributed by atoms with Gasteiger partial charge in [0.2, 0.25) is 0 Å². The summed E-state index contributed by atoms with van der Waals surface area (Å²) in [5.74, 6) is 0.789. The van der Waals surface area contributed by atoms with Crippen LogP contribution in [0.1, 0.15) is 24.1 Å². The van der Waals surface area contributed by atoms with Gasteiger partial charge in [0.05, 0.1) is 5.60 Å². The van der Waals surface area contributed by atoms with Gasteiger partial charge >= 0.3 is 0 Å². The Kier molecular flexibility index (Phi) is 4.02. The minimum Gasteiger partial charge on any atom is -0.385 e. The smallest absolute Gasteiger partial charge is 0.142 e. The molecule has 0 bridgehead atoms. The van der Waals surface area contributed by atoms with Crippen molar-refractivity contribution >= 4 is 17.4 Å². The number of aromatic nitrogens is 1. The molecule has 1 aliphatic heterocycles. The van der Waals surface area contributed by atoms with Gasteiger partial charge in [-0.1, -0.05) is 29.8 Å². The van der Waals surface area contributed by atoms with Crippen molar-refractivity contribution in [2.75, 3.05) is 18.0 Å². The van der Waals surface area contributed by atoms with E-state index in [2.05, 4.69) is 16.0 Å². The first-order chi connectivity index (χ1) is 10.6. The molecule has 1 aliphatic rings. The van der Waals surface area contributed by atoms with Crippen molar-refractivity contribution < 1.29 is 5.11 Å². The van der Waals surface area contributed by atoms with Gasteiger partial charge in [-0.3, -0.25) is 0 Å². The molecular weight excluding hydrogens is 298 g/mol. The maximum atomic E-state index is 10.9. The Balaban J connectivity index is 1.74. The molecule has 0 aliphatic carbocycles. The van der Waals surface area contributed by atoms with Gasteiger partial charge in [-0.05, 0) is 42.7 Å². The molecular formula is C17H16ClN3O. The quantitative estimate of drug-likeness (QED) is 0.925. The maximum absolute atomic E-state index is 10.9. The van der Waals surface area contributed by atoms with Gasteiger partial charge in [-0.25, -0.2) is 4.98 Å². The number of anilines is 1. The Morgan fingerprint density at radius 3 is 2.45 bits per heavy atom. The van der Waals surface area contributed by atoms with E-state index >= 15 is 0 Å². The van der Waals surface area contributed by atoms with Crippen LogP contribution < -0.4 is 4.90 Å². The van der Waals surface area contributed by atoms with E-state index in [1.807, 2.05) is 24.3 Å². The number of halogens is 1. The van der Waals surface area contributed by atoms with E-state index in [1.165, 1.54) is 0 Å². The van der Waals surface area contributed by atoms with E-state index in [4.69, 9.17) is 16.9 Å². The summed E-state index contributed by atoms with van der Waals surface area (Å²) in [6.45, 7) is 1.39. The van der Waals surface area contributed by atoms with E-state index in [0.29, 0.717) is 36.6 Å². The van der Waals surface area contributed by atoms with Gasteiger partial charge in [0, 0.05) is 18.1 Å². The molecule has 5 heteroatoms. The largest absolute Gasteiger partial charge is 0.385 e. The normalized spacial score (nSPS) is 17.0. The highest BCUT2D eigenvalue weighted by Gasteiger charge is 2.34. The van der Waals surface area contributed by atoms with Crippen LogP contribution >= 0.6 is 11.6 Å². The summed E-state index contributed by atoms with van der Waals surface area (Å²) in [4.78, 5) is 6.42. The number of hydrogen-bond donors (Lipinski definition) is 1. The number of hydrogen-bond acceptors (Lipinski definition) is 4. The monoisotopic (exact) mass is 313 g/mol. The van der Waals surface area contributed by atoms with Gasteiger partial charge in [0.1, 0.15) is 17.6 Å². The van der Waals surface area contributed by atoms with E-state index < -0.39 is 5.60 Å². The molecule has 22 heavy (non-hydrogen) atoms. The molecule has 1 aromatic carbocycles. The van der Waals surface area contributed by atoms with E-state index in [-0.39, 0.29) is 0 Å². The molecule has 0 saturated carbocycles. The number of nitriles is 1. The zero-order chi connectivity index (χ0) is 15.6. The maximum Gasteiger partial charge on any atom is 0.142 e. The topological polar surface area (TPSA) is 60.2 Å². The summed E-state index contributed by atoms with van der Waals surface area (Å²) in [6, 6.07) is 14.8. The molecule has 0 spiro atoms. The number of benzene rings is 1. The highest BCUT2D eigenvalue weighted by atomic mass is 35.5. The van der Waals surface area contributed by atoms with E-state index in [9.17, 15) is 5.11 Å². The third-order valence-electron chi connectivity index (χ3n) is 4.15. The molecule has 1 fully saturated rings. The standard InChI is InChI=1S/C17H16ClN3O/c18-14-6-4-13(5-7-14)17(22)8-10-21(11-9-17)16-3-1-2-15(12-19)20-16/h1-7,22H,8-11H2. The minimum absolute atomic E-state index is 0.413. The Hall–Kier alpha value is -2.09. The molecule has 1 N–H and O–H groups in total. The van der Waals surface area contributed by atoms with Crippen molar-refractivity contribution in [3.8, 4) is 6.07 Å². The van der Waals surface area contributed by atoms with E-state index in [0.717, 1.165) is 11.4 Å². The predicted molar refractivity (Wildman–Crippen MR) is 85.7 cm³/mol. The summed E-state index contributed by atoms with van der Waals surface area (Å²) < 4.78 is 0. The molecule has 1 saturated heterocycles. The first-order valence-corrected chi connectivity index (χ1v) is 7.59. The van der Waals surface area contributed by atoms with Crippen molar-refractivity contribution in [3.63, 3.8) is 0 Å². The second kappa shape index (κ2) is 5.96. The average Bonchev–Trinajstić information content (AvgIpc) is 2.56. The molecule has 0 unspecified atom stereocenters. The summed E-state index contributed by atoms with van der Waals surface area (Å²) in [5, 5.41) is 20.5. The van der Waals surface area contributed by atoms with Crippen LogP contribution in [0, 0.1) is 11.3 Å². The molecule has 0 amide bonds. The fraction of sp³-hybridized carbons (Fsp3) is 0.294. The lowest BCUT2D eigenvalue weighted by Gasteiger charge is -2.39. The van der Waals surface area contributed by atoms with E-state index in [1.54, 1.807) is 18.2 Å². The molecule has 0 radical (unpaired) electrons. The number of rotatable bonds is 2. The summed E-state index contributed by atoms with van der Waals surface area (Å²) in [6.07, 6.45) is 1.24. The van der Waals surface area contributed by atoms with Gasteiger partial charge in [-0.2, -0.15) is 5.26 Å². The van der Waals surface area contributed by atoms with Crippen molar-refractivity contribution in [2.24, 2.45) is 0 Å². The Morgan fingerprint density at radius 1 is 1.14 bits per heavy atom. The second-order valence-electron chi connectivity index (χ2n) is 5.52. The molecule has 1 aromatic heterocycles. The van der Waals surface area contributed by atoms with Crippen molar-refractivity contribution in [2.45, 2.75) is 18.4 Å². The number of nitrogens with zero attached hydrogens (tertiary/aromatic N) is 3. The summed E-state index contributed by atoms with van der Waals surface area (Å²) >= 11 is 5.90. The SMILES string of the molecule is N#Cc1cccc(N2CCC(O)(c3ccc(Cl)cc3)CC2)n1. The first kappa shape index (κ1) is 14.8. The Labute approximate surface area is 134 Å². The average molecular weight is 314 g/mol. The Bertz CT molecular complexity index is 701. The van der Waals surface area contributed by atoms with Gasteiger partial charge in [0.25, 0.3) is 0 Å². The van der Waals surface area contributed by atoms with Crippen molar-refractivity contribution in [3.05, 3.63) is 58.7 Å². The van der Waals surface area contributed by atoms with Crippen LogP contribution in [0.4, 0.5) is 5.82 Å². The van der Waals surface area contributed by atoms with Crippen LogP contribution in [0.15, 0.2) is 42.5 Å².